The van der Waals surface area contributed by atoms with E-state index in [1.807, 2.05) is 35.3 Å². The summed E-state index contributed by atoms with van der Waals surface area (Å²) in [6.45, 7) is 7.19. The number of alkyl halides is 1. The molecule has 1 heterocycles. The van der Waals surface area contributed by atoms with Crippen molar-refractivity contribution < 1.29 is 14.5 Å². The first-order valence-corrected chi connectivity index (χ1v) is 13.2. The third-order valence-corrected chi connectivity index (χ3v) is 8.12. The largest absolute Gasteiger partial charge is 0.493 e. The number of hydrogen-bond donors (Lipinski definition) is 0. The van der Waals surface area contributed by atoms with Gasteiger partial charge >= 0.3 is 0 Å². The highest BCUT2D eigenvalue weighted by atomic mass is 79.9. The Morgan fingerprint density at radius 3 is 2.66 bits per heavy atom. The molecule has 0 radical (unpaired) electrons. The van der Waals surface area contributed by atoms with Crippen molar-refractivity contribution in [3.05, 3.63) is 33.4 Å². The smallest absolute Gasteiger partial charge is 0.285 e. The minimum atomic E-state index is -0.478. The van der Waals surface area contributed by atoms with E-state index in [9.17, 15) is 14.9 Å². The summed E-state index contributed by atoms with van der Waals surface area (Å²) in [4.78, 5) is 26.5. The summed E-state index contributed by atoms with van der Waals surface area (Å²) in [6, 6.07) is 3.13. The number of nitro benzene ring substituents is 1. The molecule has 2 rings (SSSR count). The van der Waals surface area contributed by atoms with Gasteiger partial charge in [0.25, 0.3) is 11.6 Å². The maximum Gasteiger partial charge on any atom is 0.285 e. The molecule has 29 heavy (non-hydrogen) atoms. The molecule has 6 nitrogen and oxygen atoms in total. The lowest BCUT2D eigenvalue weighted by atomic mass is 10.1. The summed E-state index contributed by atoms with van der Waals surface area (Å²) in [5, 5.41) is 12.5. The predicted molar refractivity (Wildman–Crippen MR) is 126 cm³/mol. The third kappa shape index (κ3) is 6.28. The van der Waals surface area contributed by atoms with E-state index in [2.05, 4.69) is 29.8 Å². The number of halogens is 1. The van der Waals surface area contributed by atoms with Crippen molar-refractivity contribution in [3.63, 3.8) is 0 Å². The van der Waals surface area contributed by atoms with Crippen molar-refractivity contribution in [2.45, 2.75) is 50.7 Å². The summed E-state index contributed by atoms with van der Waals surface area (Å²) >= 11 is 7.05. The molecule has 1 aromatic carbocycles. The zero-order valence-electron chi connectivity index (χ0n) is 17.2. The summed E-state index contributed by atoms with van der Waals surface area (Å²) in [6.07, 6.45) is 2.67. The van der Waals surface area contributed by atoms with Crippen molar-refractivity contribution >= 4 is 51.0 Å². The van der Waals surface area contributed by atoms with Crippen LogP contribution in [0, 0.1) is 17.0 Å². The van der Waals surface area contributed by atoms with Gasteiger partial charge in [0.15, 0.2) is 0 Å². The monoisotopic (exact) mass is 504 g/mol. The zero-order chi connectivity index (χ0) is 21.4. The molecule has 1 amide bonds. The van der Waals surface area contributed by atoms with Crippen molar-refractivity contribution in [1.29, 1.82) is 0 Å². The minimum absolute atomic E-state index is 0.104. The first-order chi connectivity index (χ1) is 13.9. The van der Waals surface area contributed by atoms with Crippen LogP contribution in [0.25, 0.3) is 0 Å². The van der Waals surface area contributed by atoms with Crippen molar-refractivity contribution in [2.75, 3.05) is 30.0 Å². The topological polar surface area (TPSA) is 72.7 Å². The van der Waals surface area contributed by atoms with Gasteiger partial charge in [0.1, 0.15) is 11.3 Å². The average Bonchev–Trinajstić information content (AvgIpc) is 3.17. The van der Waals surface area contributed by atoms with Gasteiger partial charge in [0, 0.05) is 11.9 Å². The molecule has 0 aromatic heterocycles. The molecule has 0 spiro atoms. The number of nitro groups is 1. The van der Waals surface area contributed by atoms with Crippen molar-refractivity contribution in [1.82, 2.24) is 4.90 Å². The second-order valence-electron chi connectivity index (χ2n) is 6.77. The van der Waals surface area contributed by atoms with Crippen molar-refractivity contribution in [3.8, 4) is 5.75 Å². The normalized spacial score (nSPS) is 16.4. The van der Waals surface area contributed by atoms with Crippen LogP contribution in [0.1, 0.15) is 49.0 Å². The van der Waals surface area contributed by atoms with Gasteiger partial charge in [0.2, 0.25) is 0 Å². The lowest BCUT2D eigenvalue weighted by molar-refractivity contribution is -0.385. The van der Waals surface area contributed by atoms with Gasteiger partial charge in [-0.15, -0.1) is 23.5 Å². The molecule has 0 bridgehead atoms. The average molecular weight is 506 g/mol. The summed E-state index contributed by atoms with van der Waals surface area (Å²) < 4.78 is 5.98. The Morgan fingerprint density at radius 2 is 2.07 bits per heavy atom. The van der Waals surface area contributed by atoms with Crippen LogP contribution in [-0.2, 0) is 0 Å². The first kappa shape index (κ1) is 24.3. The van der Waals surface area contributed by atoms with Gasteiger partial charge in [-0.1, -0.05) is 29.8 Å². The fraction of sp³-hybridized carbons (Fsp3) is 0.650. The van der Waals surface area contributed by atoms with Crippen LogP contribution in [0.4, 0.5) is 5.69 Å². The van der Waals surface area contributed by atoms with E-state index in [1.54, 1.807) is 6.07 Å². The van der Waals surface area contributed by atoms with Crippen LogP contribution in [-0.4, -0.2) is 56.3 Å². The van der Waals surface area contributed by atoms with Gasteiger partial charge in [-0.2, -0.15) is 0 Å². The second kappa shape index (κ2) is 12.1. The molecular formula is C20H29BrN2O4S2. The Bertz CT molecular complexity index is 714. The molecule has 1 saturated heterocycles. The standard InChI is InChI=1S/C20H29BrN2O4S2/c1-4-28-20(29-5-2)16-8-6-10-22(16)19(24)15-12-14(3)18(27-11-7-9-21)13-17(15)23(25)26/h12-13,16,20H,4-11H2,1-3H3/t16-/m0/s1. The lowest BCUT2D eigenvalue weighted by Crippen LogP contribution is -2.41. The molecule has 0 N–H and O–H groups in total. The zero-order valence-corrected chi connectivity index (χ0v) is 20.4. The molecule has 0 unspecified atom stereocenters. The predicted octanol–water partition coefficient (Wildman–Crippen LogP) is 5.50. The first-order valence-electron chi connectivity index (χ1n) is 9.96. The number of carbonyl (C=O) groups is 1. The van der Waals surface area contributed by atoms with E-state index in [0.29, 0.717) is 23.5 Å². The molecule has 9 heteroatoms. The fourth-order valence-electron chi connectivity index (χ4n) is 3.47. The number of rotatable bonds is 11. The second-order valence-corrected chi connectivity index (χ2v) is 10.7. The Morgan fingerprint density at radius 1 is 1.38 bits per heavy atom. The molecule has 1 fully saturated rings. The molecule has 1 atom stereocenters. The molecule has 0 aliphatic carbocycles. The van der Waals surface area contributed by atoms with Gasteiger partial charge in [-0.3, -0.25) is 14.9 Å². The highest BCUT2D eigenvalue weighted by Crippen LogP contribution is 2.37. The van der Waals surface area contributed by atoms with E-state index in [4.69, 9.17) is 4.74 Å². The number of amides is 1. The van der Waals surface area contributed by atoms with Crippen LogP contribution in [0.15, 0.2) is 12.1 Å². The maximum absolute atomic E-state index is 13.4. The number of carbonyl (C=O) groups excluding carboxylic acids is 1. The number of ether oxygens (including phenoxy) is 1. The van der Waals surface area contributed by atoms with Crippen LogP contribution < -0.4 is 4.74 Å². The van der Waals surface area contributed by atoms with Gasteiger partial charge in [-0.25, -0.2) is 0 Å². The lowest BCUT2D eigenvalue weighted by Gasteiger charge is -2.31. The summed E-state index contributed by atoms with van der Waals surface area (Å²) in [5.41, 5.74) is 0.726. The molecule has 0 saturated carbocycles. The van der Waals surface area contributed by atoms with E-state index < -0.39 is 4.92 Å². The minimum Gasteiger partial charge on any atom is -0.493 e. The highest BCUT2D eigenvalue weighted by molar-refractivity contribution is 9.09. The van der Waals surface area contributed by atoms with Gasteiger partial charge in [-0.05, 0) is 49.3 Å². The highest BCUT2D eigenvalue weighted by Gasteiger charge is 2.37. The Balaban J connectivity index is 2.32. The number of nitrogens with zero attached hydrogens (tertiary/aromatic N) is 2. The van der Waals surface area contributed by atoms with Crippen LogP contribution >= 0.6 is 39.5 Å². The molecular weight excluding hydrogens is 476 g/mol. The SMILES string of the molecule is CCSC(SCC)[C@@H]1CCCN1C(=O)c1cc(C)c(OCCCBr)cc1[N+](=O)[O-]. The third-order valence-electron chi connectivity index (χ3n) is 4.79. The molecule has 1 aliphatic rings. The molecule has 1 aromatic rings. The number of aryl methyl sites for hydroxylation is 1. The summed E-state index contributed by atoms with van der Waals surface area (Å²) in [5.74, 6) is 2.19. The number of hydrogen-bond acceptors (Lipinski definition) is 6. The van der Waals surface area contributed by atoms with E-state index in [-0.39, 0.29) is 23.2 Å². The molecule has 162 valence electrons. The van der Waals surface area contributed by atoms with Gasteiger partial charge in [0.05, 0.1) is 28.2 Å². The Hall–Kier alpha value is -0.930. The van der Waals surface area contributed by atoms with Crippen LogP contribution in [0.2, 0.25) is 0 Å². The molecule has 1 aliphatic heterocycles. The van der Waals surface area contributed by atoms with E-state index in [1.165, 1.54) is 6.07 Å². The van der Waals surface area contributed by atoms with Gasteiger partial charge < -0.3 is 9.64 Å². The number of likely N-dealkylation sites (tertiary alicyclic amines) is 1. The van der Waals surface area contributed by atoms with E-state index in [0.717, 1.165) is 41.7 Å². The van der Waals surface area contributed by atoms with Crippen molar-refractivity contribution in [2.24, 2.45) is 0 Å². The Kier molecular flexibility index (Phi) is 10.1. The maximum atomic E-state index is 13.4. The fourth-order valence-corrected chi connectivity index (χ4v) is 6.57. The summed E-state index contributed by atoms with van der Waals surface area (Å²) in [7, 11) is 0. The quantitative estimate of drug-likeness (QED) is 0.130. The Labute approximate surface area is 189 Å². The van der Waals surface area contributed by atoms with E-state index >= 15 is 0 Å². The van der Waals surface area contributed by atoms with Crippen LogP contribution in [0.5, 0.6) is 5.75 Å². The van der Waals surface area contributed by atoms with Crippen LogP contribution in [0.3, 0.4) is 0 Å². The number of thioether (sulfide) groups is 2. The number of benzene rings is 1.